The molecule has 0 aliphatic carbocycles. The molecule has 13 heavy (non-hydrogen) atoms. The Labute approximate surface area is 86.6 Å². The van der Waals surface area contributed by atoms with Gasteiger partial charge in [-0.3, -0.25) is 4.84 Å². The first-order valence-corrected chi connectivity index (χ1v) is 4.72. The van der Waals surface area contributed by atoms with Gasteiger partial charge in [-0.05, 0) is 33.6 Å². The largest absolute Gasteiger partial charge is 0.377 e. The van der Waals surface area contributed by atoms with Crippen molar-refractivity contribution in [1.29, 1.82) is 0 Å². The van der Waals surface area contributed by atoms with Gasteiger partial charge >= 0.3 is 0 Å². The van der Waals surface area contributed by atoms with Gasteiger partial charge in [-0.1, -0.05) is 6.07 Å². The lowest BCUT2D eigenvalue weighted by molar-refractivity contribution is 0.124. The van der Waals surface area contributed by atoms with Crippen molar-refractivity contribution in [2.45, 2.75) is 6.61 Å². The standard InChI is InChI=1S/C9H13BrN2O/c1-12(2)9-5-7(6-13-11)3-4-8(9)10/h3-5H,6,11H2,1-2H3. The second-order valence-corrected chi connectivity index (χ2v) is 3.85. The molecule has 1 aromatic rings. The van der Waals surface area contributed by atoms with Gasteiger partial charge < -0.3 is 4.90 Å². The van der Waals surface area contributed by atoms with Crippen molar-refractivity contribution in [1.82, 2.24) is 0 Å². The highest BCUT2D eigenvalue weighted by Gasteiger charge is 2.02. The molecule has 0 aromatic heterocycles. The van der Waals surface area contributed by atoms with Crippen LogP contribution in [0.5, 0.6) is 0 Å². The van der Waals surface area contributed by atoms with Gasteiger partial charge in [0.1, 0.15) is 0 Å². The molecule has 0 aliphatic heterocycles. The van der Waals surface area contributed by atoms with E-state index in [1.807, 2.05) is 37.2 Å². The Morgan fingerprint density at radius 3 is 2.69 bits per heavy atom. The van der Waals surface area contributed by atoms with E-state index in [4.69, 9.17) is 5.90 Å². The molecule has 0 unspecified atom stereocenters. The van der Waals surface area contributed by atoms with Crippen LogP contribution in [0, 0.1) is 0 Å². The average molecular weight is 245 g/mol. The van der Waals surface area contributed by atoms with Gasteiger partial charge in [-0.2, -0.15) is 0 Å². The van der Waals surface area contributed by atoms with Crippen molar-refractivity contribution in [3.8, 4) is 0 Å². The predicted molar refractivity (Wildman–Crippen MR) is 57.4 cm³/mol. The topological polar surface area (TPSA) is 38.5 Å². The summed E-state index contributed by atoms with van der Waals surface area (Å²) in [7, 11) is 3.99. The zero-order valence-electron chi connectivity index (χ0n) is 7.75. The second-order valence-electron chi connectivity index (χ2n) is 2.99. The second kappa shape index (κ2) is 4.60. The van der Waals surface area contributed by atoms with Crippen molar-refractivity contribution >= 4 is 21.6 Å². The van der Waals surface area contributed by atoms with Gasteiger partial charge in [0.2, 0.25) is 0 Å². The lowest BCUT2D eigenvalue weighted by Gasteiger charge is -2.15. The highest BCUT2D eigenvalue weighted by Crippen LogP contribution is 2.25. The molecule has 0 heterocycles. The molecule has 1 rings (SSSR count). The fourth-order valence-electron chi connectivity index (χ4n) is 1.09. The van der Waals surface area contributed by atoms with Crippen LogP contribution in [-0.4, -0.2) is 14.1 Å². The monoisotopic (exact) mass is 244 g/mol. The normalized spacial score (nSPS) is 10.2. The van der Waals surface area contributed by atoms with E-state index in [9.17, 15) is 0 Å². The summed E-state index contributed by atoms with van der Waals surface area (Å²) in [5, 5.41) is 0. The summed E-state index contributed by atoms with van der Waals surface area (Å²) in [5.41, 5.74) is 2.18. The first-order chi connectivity index (χ1) is 6.15. The highest BCUT2D eigenvalue weighted by molar-refractivity contribution is 9.10. The third kappa shape index (κ3) is 2.69. The van der Waals surface area contributed by atoms with Crippen LogP contribution in [0.15, 0.2) is 22.7 Å². The fraction of sp³-hybridized carbons (Fsp3) is 0.333. The van der Waals surface area contributed by atoms with E-state index in [1.54, 1.807) is 0 Å². The summed E-state index contributed by atoms with van der Waals surface area (Å²) in [6.07, 6.45) is 0. The van der Waals surface area contributed by atoms with Crippen LogP contribution in [0.1, 0.15) is 5.56 Å². The van der Waals surface area contributed by atoms with Crippen LogP contribution in [0.3, 0.4) is 0 Å². The molecule has 0 atom stereocenters. The highest BCUT2D eigenvalue weighted by atomic mass is 79.9. The molecule has 0 spiro atoms. The molecule has 0 bridgehead atoms. The molecular weight excluding hydrogens is 232 g/mol. The van der Waals surface area contributed by atoms with E-state index in [1.165, 1.54) is 0 Å². The van der Waals surface area contributed by atoms with Gasteiger partial charge in [-0.25, -0.2) is 5.90 Å². The summed E-state index contributed by atoms with van der Waals surface area (Å²) >= 11 is 3.47. The van der Waals surface area contributed by atoms with Gasteiger partial charge in [0.25, 0.3) is 0 Å². The Morgan fingerprint density at radius 2 is 2.15 bits per heavy atom. The molecule has 0 aliphatic rings. The van der Waals surface area contributed by atoms with E-state index in [0.717, 1.165) is 15.7 Å². The number of nitrogens with zero attached hydrogens (tertiary/aromatic N) is 1. The van der Waals surface area contributed by atoms with E-state index < -0.39 is 0 Å². The van der Waals surface area contributed by atoms with Crippen LogP contribution < -0.4 is 10.8 Å². The van der Waals surface area contributed by atoms with Gasteiger partial charge in [0, 0.05) is 18.6 Å². The van der Waals surface area contributed by atoms with Crippen LogP contribution >= 0.6 is 15.9 Å². The average Bonchev–Trinajstić information content (AvgIpc) is 2.08. The van der Waals surface area contributed by atoms with E-state index >= 15 is 0 Å². The number of rotatable bonds is 3. The predicted octanol–water partition coefficient (Wildman–Crippen LogP) is 1.91. The van der Waals surface area contributed by atoms with Crippen molar-refractivity contribution < 1.29 is 4.84 Å². The van der Waals surface area contributed by atoms with Crippen molar-refractivity contribution in [3.05, 3.63) is 28.2 Å². The number of halogens is 1. The summed E-state index contributed by atoms with van der Waals surface area (Å²) in [4.78, 5) is 6.60. The fourth-order valence-corrected chi connectivity index (χ4v) is 1.69. The van der Waals surface area contributed by atoms with Crippen molar-refractivity contribution in [2.75, 3.05) is 19.0 Å². The summed E-state index contributed by atoms with van der Waals surface area (Å²) < 4.78 is 1.07. The lowest BCUT2D eigenvalue weighted by Crippen LogP contribution is -2.10. The number of hydrogen-bond acceptors (Lipinski definition) is 3. The lowest BCUT2D eigenvalue weighted by atomic mass is 10.2. The molecule has 0 amide bonds. The Kier molecular flexibility index (Phi) is 3.71. The quantitative estimate of drug-likeness (QED) is 0.826. The van der Waals surface area contributed by atoms with Crippen LogP contribution in [0.4, 0.5) is 5.69 Å². The smallest absolute Gasteiger partial charge is 0.0930 e. The molecule has 0 saturated carbocycles. The Balaban J connectivity index is 2.97. The first kappa shape index (κ1) is 10.5. The van der Waals surface area contributed by atoms with Gasteiger partial charge in [-0.15, -0.1) is 0 Å². The molecule has 72 valence electrons. The molecule has 2 N–H and O–H groups in total. The minimum atomic E-state index is 0.439. The molecule has 0 fully saturated rings. The Bertz CT molecular complexity index is 289. The first-order valence-electron chi connectivity index (χ1n) is 3.92. The zero-order valence-corrected chi connectivity index (χ0v) is 9.34. The molecule has 3 nitrogen and oxygen atoms in total. The van der Waals surface area contributed by atoms with Crippen molar-refractivity contribution in [3.63, 3.8) is 0 Å². The molecule has 4 heteroatoms. The SMILES string of the molecule is CN(C)c1cc(CON)ccc1Br. The number of nitrogens with two attached hydrogens (primary N) is 1. The Morgan fingerprint density at radius 1 is 1.46 bits per heavy atom. The minimum absolute atomic E-state index is 0.439. The maximum Gasteiger partial charge on any atom is 0.0930 e. The third-order valence-electron chi connectivity index (χ3n) is 1.74. The van der Waals surface area contributed by atoms with Crippen LogP contribution in [0.2, 0.25) is 0 Å². The zero-order chi connectivity index (χ0) is 9.84. The Hall–Kier alpha value is -0.580. The number of hydrogen-bond donors (Lipinski definition) is 1. The van der Waals surface area contributed by atoms with E-state index in [0.29, 0.717) is 6.61 Å². The van der Waals surface area contributed by atoms with E-state index in [-0.39, 0.29) is 0 Å². The van der Waals surface area contributed by atoms with Gasteiger partial charge in [0.05, 0.1) is 12.3 Å². The molecule has 0 saturated heterocycles. The summed E-state index contributed by atoms with van der Waals surface area (Å²) in [6.45, 7) is 0.439. The van der Waals surface area contributed by atoms with Crippen molar-refractivity contribution in [2.24, 2.45) is 5.90 Å². The number of benzene rings is 1. The molecule has 1 aromatic carbocycles. The third-order valence-corrected chi connectivity index (χ3v) is 2.41. The molecular formula is C9H13BrN2O. The van der Waals surface area contributed by atoms with Gasteiger partial charge in [0.15, 0.2) is 0 Å². The summed E-state index contributed by atoms with van der Waals surface area (Å²) in [6, 6.07) is 6.00. The van der Waals surface area contributed by atoms with Crippen LogP contribution in [0.25, 0.3) is 0 Å². The number of anilines is 1. The van der Waals surface area contributed by atoms with E-state index in [2.05, 4.69) is 20.8 Å². The maximum absolute atomic E-state index is 5.00. The minimum Gasteiger partial charge on any atom is -0.377 e. The van der Waals surface area contributed by atoms with Crippen LogP contribution in [-0.2, 0) is 11.4 Å². The maximum atomic E-state index is 5.00. The molecule has 0 radical (unpaired) electrons. The summed E-state index contributed by atoms with van der Waals surface area (Å²) in [5.74, 6) is 5.00.